The number of nitrogen functional groups attached to an aromatic ring is 1. The van der Waals surface area contributed by atoms with Crippen LogP contribution in [-0.4, -0.2) is 28.7 Å². The number of benzene rings is 1. The molecule has 0 atom stereocenters. The van der Waals surface area contributed by atoms with Gasteiger partial charge in [0.25, 0.3) is 0 Å². The molecular weight excluding hydrogens is 354 g/mol. The highest BCUT2D eigenvalue weighted by Gasteiger charge is 2.22. The predicted octanol–water partition coefficient (Wildman–Crippen LogP) is 2.18. The molecule has 0 saturated carbocycles. The first-order valence-corrected chi connectivity index (χ1v) is 6.72. The smallest absolute Gasteiger partial charge is 0.357 e. The molecule has 7 nitrogen and oxygen atoms in total. The summed E-state index contributed by atoms with van der Waals surface area (Å²) in [5.41, 5.74) is 6.47. The van der Waals surface area contributed by atoms with Gasteiger partial charge in [0.05, 0.1) is 23.9 Å². The van der Waals surface area contributed by atoms with Gasteiger partial charge in [0.1, 0.15) is 6.07 Å². The minimum Gasteiger partial charge on any atom is -0.478 e. The Morgan fingerprint density at radius 1 is 1.45 bits per heavy atom. The predicted molar refractivity (Wildman–Crippen MR) is 80.9 cm³/mol. The van der Waals surface area contributed by atoms with Gasteiger partial charge in [0.15, 0.2) is 5.69 Å². The second-order valence-electron chi connectivity index (χ2n) is 4.25. The molecule has 1 heterocycles. The number of hydrogen-bond acceptors (Lipinski definition) is 5. The molecule has 0 radical (unpaired) electrons. The van der Waals surface area contributed by atoms with Crippen LogP contribution in [-0.2, 0) is 4.74 Å². The molecule has 0 aliphatic rings. The van der Waals surface area contributed by atoms with Crippen molar-refractivity contribution in [1.82, 2.24) is 4.57 Å². The highest BCUT2D eigenvalue weighted by molar-refractivity contribution is 9.10. The van der Waals surface area contributed by atoms with Crippen LogP contribution in [0.1, 0.15) is 26.4 Å². The lowest BCUT2D eigenvalue weighted by Crippen LogP contribution is -2.11. The van der Waals surface area contributed by atoms with Crippen LogP contribution in [0.3, 0.4) is 0 Å². The Morgan fingerprint density at radius 2 is 2.14 bits per heavy atom. The van der Waals surface area contributed by atoms with E-state index in [1.165, 1.54) is 36.1 Å². The maximum atomic E-state index is 11.9. The third kappa shape index (κ3) is 2.54. The van der Waals surface area contributed by atoms with Gasteiger partial charge >= 0.3 is 11.9 Å². The minimum atomic E-state index is -1.09. The van der Waals surface area contributed by atoms with Gasteiger partial charge in [0.2, 0.25) is 0 Å². The van der Waals surface area contributed by atoms with E-state index in [0.717, 1.165) is 0 Å². The molecule has 0 fully saturated rings. The largest absolute Gasteiger partial charge is 0.478 e. The van der Waals surface area contributed by atoms with Crippen LogP contribution in [0.4, 0.5) is 5.69 Å². The van der Waals surface area contributed by atoms with Gasteiger partial charge in [-0.05, 0) is 34.1 Å². The summed E-state index contributed by atoms with van der Waals surface area (Å²) >= 11 is 3.16. The number of esters is 1. The number of carboxylic acid groups (broad SMARTS) is 1. The molecule has 0 aliphatic heterocycles. The van der Waals surface area contributed by atoms with Gasteiger partial charge in [-0.25, -0.2) is 9.59 Å². The molecule has 8 heteroatoms. The van der Waals surface area contributed by atoms with E-state index in [9.17, 15) is 9.59 Å². The van der Waals surface area contributed by atoms with Gasteiger partial charge in [-0.1, -0.05) is 0 Å². The Balaban J connectivity index is 2.67. The molecule has 2 aromatic rings. The number of aromatic nitrogens is 1. The zero-order valence-electron chi connectivity index (χ0n) is 11.3. The number of methoxy groups -OCH3 is 1. The number of halogens is 1. The zero-order valence-corrected chi connectivity index (χ0v) is 12.9. The highest BCUT2D eigenvalue weighted by Crippen LogP contribution is 2.27. The van der Waals surface area contributed by atoms with Crippen molar-refractivity contribution in [1.29, 1.82) is 5.26 Å². The quantitative estimate of drug-likeness (QED) is 0.806. The summed E-state index contributed by atoms with van der Waals surface area (Å²) in [7, 11) is 1.20. The topological polar surface area (TPSA) is 118 Å². The van der Waals surface area contributed by atoms with Gasteiger partial charge in [-0.2, -0.15) is 5.26 Å². The van der Waals surface area contributed by atoms with Crippen LogP contribution in [0, 0.1) is 11.3 Å². The van der Waals surface area contributed by atoms with Crippen molar-refractivity contribution in [2.45, 2.75) is 0 Å². The fourth-order valence-corrected chi connectivity index (χ4v) is 2.48. The van der Waals surface area contributed by atoms with Crippen LogP contribution < -0.4 is 5.73 Å². The van der Waals surface area contributed by atoms with Crippen molar-refractivity contribution in [3.8, 4) is 11.8 Å². The molecule has 1 aromatic heterocycles. The monoisotopic (exact) mass is 363 g/mol. The van der Waals surface area contributed by atoms with E-state index >= 15 is 0 Å². The molecule has 0 bridgehead atoms. The van der Waals surface area contributed by atoms with E-state index in [0.29, 0.717) is 10.2 Å². The summed E-state index contributed by atoms with van der Waals surface area (Å²) in [6.45, 7) is 0. The van der Waals surface area contributed by atoms with E-state index in [-0.39, 0.29) is 22.5 Å². The fraction of sp³-hybridized carbons (Fsp3) is 0.0714. The Bertz CT molecular complexity index is 820. The number of carboxylic acids is 1. The molecule has 2 rings (SSSR count). The number of ether oxygens (including phenoxy) is 1. The average Bonchev–Trinajstić information content (AvgIpc) is 2.82. The lowest BCUT2D eigenvalue weighted by Gasteiger charge is -2.10. The highest BCUT2D eigenvalue weighted by atomic mass is 79.9. The number of carbonyl (C=O) groups excluding carboxylic acids is 1. The Labute approximate surface area is 133 Å². The summed E-state index contributed by atoms with van der Waals surface area (Å²) in [6, 6.07) is 6.28. The number of carbonyl (C=O) groups is 2. The number of rotatable bonds is 3. The summed E-state index contributed by atoms with van der Waals surface area (Å²) in [5.74, 6) is -1.78. The lowest BCUT2D eigenvalue weighted by atomic mass is 10.2. The normalized spacial score (nSPS) is 10.0. The third-order valence-electron chi connectivity index (χ3n) is 3.00. The van der Waals surface area contributed by atoms with Crippen molar-refractivity contribution in [3.05, 3.63) is 45.7 Å². The van der Waals surface area contributed by atoms with Gasteiger partial charge in [-0.15, -0.1) is 0 Å². The molecule has 112 valence electrons. The number of nitriles is 1. The first-order chi connectivity index (χ1) is 10.4. The molecule has 0 saturated heterocycles. The van der Waals surface area contributed by atoms with E-state index in [2.05, 4.69) is 20.7 Å². The average molecular weight is 364 g/mol. The number of aromatic carboxylic acids is 1. The van der Waals surface area contributed by atoms with E-state index in [1.54, 1.807) is 0 Å². The lowest BCUT2D eigenvalue weighted by molar-refractivity contribution is 0.0592. The Kier molecular flexibility index (Phi) is 4.19. The van der Waals surface area contributed by atoms with Crippen LogP contribution in [0.5, 0.6) is 0 Å². The molecule has 22 heavy (non-hydrogen) atoms. The van der Waals surface area contributed by atoms with E-state index in [4.69, 9.17) is 16.1 Å². The zero-order chi connectivity index (χ0) is 16.4. The van der Waals surface area contributed by atoms with Crippen molar-refractivity contribution in [2.24, 2.45) is 0 Å². The minimum absolute atomic E-state index is 0.00721. The number of hydrogen-bond donors (Lipinski definition) is 2. The fourth-order valence-electron chi connectivity index (χ4n) is 1.95. The van der Waals surface area contributed by atoms with Crippen molar-refractivity contribution in [3.63, 3.8) is 0 Å². The Morgan fingerprint density at radius 3 is 2.64 bits per heavy atom. The molecular formula is C14H10BrN3O4. The maximum Gasteiger partial charge on any atom is 0.357 e. The van der Waals surface area contributed by atoms with Gasteiger partial charge in [0, 0.05) is 16.4 Å². The first-order valence-electron chi connectivity index (χ1n) is 5.93. The second-order valence-corrected chi connectivity index (χ2v) is 5.10. The summed E-state index contributed by atoms with van der Waals surface area (Å²) in [4.78, 5) is 22.9. The number of nitrogens with zero attached hydrogens (tertiary/aromatic N) is 2. The molecule has 0 spiro atoms. The maximum absolute atomic E-state index is 11.9. The Hall–Kier alpha value is -2.79. The summed E-state index contributed by atoms with van der Waals surface area (Å²) < 4.78 is 6.39. The first kappa shape index (κ1) is 15.6. The van der Waals surface area contributed by atoms with Crippen LogP contribution in [0.25, 0.3) is 5.69 Å². The van der Waals surface area contributed by atoms with Crippen molar-refractivity contribution in [2.75, 3.05) is 12.8 Å². The summed E-state index contributed by atoms with van der Waals surface area (Å²) in [6.07, 6.45) is 1.39. The molecule has 0 amide bonds. The number of nitrogens with two attached hydrogens (primary N) is 1. The second kappa shape index (κ2) is 5.91. The van der Waals surface area contributed by atoms with E-state index < -0.39 is 11.9 Å². The number of anilines is 1. The SMILES string of the molecule is COC(=O)c1c(N)c(C#N)cn1-c1ccc(C(=O)O)c(Br)c1. The van der Waals surface area contributed by atoms with Crippen LogP contribution in [0.2, 0.25) is 0 Å². The van der Waals surface area contributed by atoms with Crippen LogP contribution >= 0.6 is 15.9 Å². The van der Waals surface area contributed by atoms with Crippen LogP contribution in [0.15, 0.2) is 28.9 Å². The molecule has 1 aromatic carbocycles. The standard InChI is InChI=1S/C14H10BrN3O4/c1-22-14(21)12-11(17)7(5-16)6-18(12)8-2-3-9(13(19)20)10(15)4-8/h2-4,6H,17H2,1H3,(H,19,20). The van der Waals surface area contributed by atoms with Gasteiger partial charge in [-0.3, -0.25) is 0 Å². The molecule has 0 aliphatic carbocycles. The van der Waals surface area contributed by atoms with E-state index in [1.807, 2.05) is 6.07 Å². The van der Waals surface area contributed by atoms with Crippen molar-refractivity contribution >= 4 is 33.6 Å². The third-order valence-corrected chi connectivity index (χ3v) is 3.66. The summed E-state index contributed by atoms with van der Waals surface area (Å²) in [5, 5.41) is 18.1. The molecule has 3 N–H and O–H groups in total. The van der Waals surface area contributed by atoms with Crippen molar-refractivity contribution < 1.29 is 19.4 Å². The molecule has 0 unspecified atom stereocenters. The van der Waals surface area contributed by atoms with Gasteiger partial charge < -0.3 is 20.1 Å².